The molecule has 0 N–H and O–H groups in total. The van der Waals surface area contributed by atoms with Crippen molar-refractivity contribution in [2.24, 2.45) is 11.8 Å². The molecule has 6 heteroatoms. The van der Waals surface area contributed by atoms with E-state index in [0.717, 1.165) is 69.6 Å². The highest BCUT2D eigenvalue weighted by Crippen LogP contribution is 2.18. The van der Waals surface area contributed by atoms with Crippen molar-refractivity contribution in [1.29, 1.82) is 0 Å². The van der Waals surface area contributed by atoms with E-state index >= 15 is 0 Å². The molecule has 0 aromatic rings. The predicted molar refractivity (Wildman–Crippen MR) is 256 cm³/mol. The van der Waals surface area contributed by atoms with Crippen molar-refractivity contribution in [2.45, 2.75) is 304 Å². The van der Waals surface area contributed by atoms with Crippen LogP contribution in [0.25, 0.3) is 0 Å². The maximum absolute atomic E-state index is 12.8. The molecule has 0 saturated carbocycles. The Morgan fingerprint density at radius 2 is 0.550 bits per heavy atom. The van der Waals surface area contributed by atoms with Crippen LogP contribution in [-0.4, -0.2) is 37.2 Å². The molecule has 356 valence electrons. The number of ether oxygens (including phenoxy) is 3. The highest BCUT2D eigenvalue weighted by molar-refractivity contribution is 5.71. The summed E-state index contributed by atoms with van der Waals surface area (Å²) in [6.07, 6.45) is 48.1. The summed E-state index contributed by atoms with van der Waals surface area (Å²) < 4.78 is 16.8. The number of carbonyl (C=O) groups is 3. The maximum atomic E-state index is 12.8. The summed E-state index contributed by atoms with van der Waals surface area (Å²) in [5, 5.41) is 0. The Labute approximate surface area is 374 Å². The Morgan fingerprint density at radius 1 is 0.317 bits per heavy atom. The van der Waals surface area contributed by atoms with E-state index in [4.69, 9.17) is 14.2 Å². The molecule has 0 spiro atoms. The monoisotopic (exact) mass is 849 g/mol. The fourth-order valence-corrected chi connectivity index (χ4v) is 8.17. The van der Waals surface area contributed by atoms with Gasteiger partial charge in [0.05, 0.1) is 0 Å². The lowest BCUT2D eigenvalue weighted by atomic mass is 10.0. The van der Waals surface area contributed by atoms with E-state index in [1.54, 1.807) is 0 Å². The topological polar surface area (TPSA) is 78.9 Å². The zero-order valence-corrected chi connectivity index (χ0v) is 41.1. The number of hydrogen-bond acceptors (Lipinski definition) is 6. The summed E-state index contributed by atoms with van der Waals surface area (Å²) in [6.45, 7) is 11.4. The quantitative estimate of drug-likeness (QED) is 0.0345. The Balaban J connectivity index is 4.25. The van der Waals surface area contributed by atoms with Crippen LogP contribution in [0.3, 0.4) is 0 Å². The summed E-state index contributed by atoms with van der Waals surface area (Å²) in [4.78, 5) is 37.9. The summed E-state index contributed by atoms with van der Waals surface area (Å²) in [5.41, 5.74) is 0. The van der Waals surface area contributed by atoms with E-state index in [9.17, 15) is 14.4 Å². The van der Waals surface area contributed by atoms with Crippen molar-refractivity contribution in [3.8, 4) is 0 Å². The van der Waals surface area contributed by atoms with Crippen LogP contribution in [0.2, 0.25) is 0 Å². The van der Waals surface area contributed by atoms with Crippen LogP contribution >= 0.6 is 0 Å². The van der Waals surface area contributed by atoms with E-state index < -0.39 is 6.10 Å². The molecule has 0 heterocycles. The van der Waals surface area contributed by atoms with Crippen molar-refractivity contribution >= 4 is 17.9 Å². The third-order valence-corrected chi connectivity index (χ3v) is 12.2. The molecule has 0 saturated heterocycles. The molecule has 0 bridgehead atoms. The van der Waals surface area contributed by atoms with Gasteiger partial charge in [-0.05, 0) is 31.1 Å². The van der Waals surface area contributed by atoms with Gasteiger partial charge in [0.1, 0.15) is 13.2 Å². The van der Waals surface area contributed by atoms with Crippen molar-refractivity contribution in [2.75, 3.05) is 13.2 Å². The fourth-order valence-electron chi connectivity index (χ4n) is 8.17. The lowest BCUT2D eigenvalue weighted by molar-refractivity contribution is -0.167. The molecule has 0 aromatic heterocycles. The van der Waals surface area contributed by atoms with Crippen LogP contribution in [0.15, 0.2) is 0 Å². The molecule has 0 radical (unpaired) electrons. The van der Waals surface area contributed by atoms with E-state index in [-0.39, 0.29) is 31.1 Å². The molecule has 1 atom stereocenters. The van der Waals surface area contributed by atoms with Gasteiger partial charge < -0.3 is 14.2 Å². The van der Waals surface area contributed by atoms with Crippen LogP contribution in [-0.2, 0) is 28.6 Å². The minimum absolute atomic E-state index is 0.0636. The minimum atomic E-state index is -0.761. The lowest BCUT2D eigenvalue weighted by Gasteiger charge is -2.18. The van der Waals surface area contributed by atoms with Gasteiger partial charge >= 0.3 is 17.9 Å². The largest absolute Gasteiger partial charge is 0.462 e. The molecule has 0 amide bonds. The molecule has 0 fully saturated rings. The van der Waals surface area contributed by atoms with E-state index in [0.29, 0.717) is 19.3 Å². The lowest BCUT2D eigenvalue weighted by Crippen LogP contribution is -2.30. The third kappa shape index (κ3) is 47.5. The second-order valence-corrected chi connectivity index (χ2v) is 19.5. The van der Waals surface area contributed by atoms with Gasteiger partial charge in [-0.2, -0.15) is 0 Å². The zero-order valence-electron chi connectivity index (χ0n) is 41.1. The second-order valence-electron chi connectivity index (χ2n) is 19.5. The van der Waals surface area contributed by atoms with Gasteiger partial charge in [0.25, 0.3) is 0 Å². The van der Waals surface area contributed by atoms with Crippen molar-refractivity contribution in [1.82, 2.24) is 0 Å². The first-order valence-electron chi connectivity index (χ1n) is 26.7. The highest BCUT2D eigenvalue weighted by Gasteiger charge is 2.19. The standard InChI is InChI=1S/C54H104O6/c1-6-7-8-9-10-11-24-29-34-39-44-52(55)58-47-51(48-59-53(56)45-40-35-30-25-21-20-23-28-33-38-43-50(4)5)60-54(57)46-41-36-31-26-19-17-15-13-12-14-16-18-22-27-32-37-42-49(2)3/h49-51H,6-48H2,1-5H3/t51-/m1/s1. The SMILES string of the molecule is CCCCCCCCCCCCC(=O)OC[C@H](COC(=O)CCCCCCCCCCCCC(C)C)OC(=O)CCCCCCCCCCCCCCCCCCC(C)C. The van der Waals surface area contributed by atoms with Gasteiger partial charge in [-0.15, -0.1) is 0 Å². The summed E-state index contributed by atoms with van der Waals surface area (Å²) in [5.74, 6) is 0.823. The molecule has 60 heavy (non-hydrogen) atoms. The molecule has 6 nitrogen and oxygen atoms in total. The Morgan fingerprint density at radius 3 is 0.817 bits per heavy atom. The number of hydrogen-bond donors (Lipinski definition) is 0. The molecular weight excluding hydrogens is 745 g/mol. The average molecular weight is 849 g/mol. The Bertz CT molecular complexity index is 916. The van der Waals surface area contributed by atoms with Crippen LogP contribution in [0.5, 0.6) is 0 Å². The third-order valence-electron chi connectivity index (χ3n) is 12.2. The first kappa shape index (κ1) is 58.4. The maximum Gasteiger partial charge on any atom is 0.306 e. The Kier molecular flexibility index (Phi) is 45.7. The van der Waals surface area contributed by atoms with Gasteiger partial charge in [-0.1, -0.05) is 259 Å². The van der Waals surface area contributed by atoms with Crippen molar-refractivity contribution in [3.63, 3.8) is 0 Å². The molecule has 0 unspecified atom stereocenters. The fraction of sp³-hybridized carbons (Fsp3) is 0.944. The van der Waals surface area contributed by atoms with Gasteiger partial charge in [0.2, 0.25) is 0 Å². The van der Waals surface area contributed by atoms with Gasteiger partial charge in [-0.3, -0.25) is 14.4 Å². The Hall–Kier alpha value is -1.59. The molecule has 0 aliphatic carbocycles. The van der Waals surface area contributed by atoms with Crippen molar-refractivity contribution in [3.05, 3.63) is 0 Å². The number of rotatable bonds is 48. The number of carbonyl (C=O) groups excluding carboxylic acids is 3. The first-order valence-corrected chi connectivity index (χ1v) is 26.7. The van der Waals surface area contributed by atoms with Crippen molar-refractivity contribution < 1.29 is 28.6 Å². The second kappa shape index (κ2) is 46.9. The van der Waals surface area contributed by atoms with E-state index in [1.807, 2.05) is 0 Å². The number of unbranched alkanes of at least 4 members (excludes halogenated alkanes) is 33. The molecular formula is C54H104O6. The van der Waals surface area contributed by atoms with Crippen LogP contribution in [0, 0.1) is 11.8 Å². The molecule has 0 rings (SSSR count). The summed E-state index contributed by atoms with van der Waals surface area (Å²) in [7, 11) is 0. The van der Waals surface area contributed by atoms with Gasteiger partial charge in [-0.25, -0.2) is 0 Å². The van der Waals surface area contributed by atoms with Gasteiger partial charge in [0.15, 0.2) is 6.10 Å². The molecule has 0 aliphatic heterocycles. The smallest absolute Gasteiger partial charge is 0.306 e. The average Bonchev–Trinajstić information content (AvgIpc) is 3.22. The molecule has 0 aromatic carbocycles. The first-order chi connectivity index (χ1) is 29.2. The van der Waals surface area contributed by atoms with Crippen LogP contribution in [0.4, 0.5) is 0 Å². The normalized spacial score (nSPS) is 12.1. The van der Waals surface area contributed by atoms with Crippen LogP contribution in [0.1, 0.15) is 298 Å². The van der Waals surface area contributed by atoms with Crippen LogP contribution < -0.4 is 0 Å². The predicted octanol–water partition coefficient (Wildman–Crippen LogP) is 17.3. The van der Waals surface area contributed by atoms with Gasteiger partial charge in [0, 0.05) is 19.3 Å². The minimum Gasteiger partial charge on any atom is -0.462 e. The van der Waals surface area contributed by atoms with E-state index in [2.05, 4.69) is 34.6 Å². The summed E-state index contributed by atoms with van der Waals surface area (Å²) in [6, 6.07) is 0. The molecule has 0 aliphatic rings. The van der Waals surface area contributed by atoms with E-state index in [1.165, 1.54) is 186 Å². The number of esters is 3. The summed E-state index contributed by atoms with van der Waals surface area (Å²) >= 11 is 0. The highest BCUT2D eigenvalue weighted by atomic mass is 16.6. The zero-order chi connectivity index (χ0) is 44.0.